The van der Waals surface area contributed by atoms with E-state index in [0.717, 1.165) is 30.2 Å². The highest BCUT2D eigenvalue weighted by Crippen LogP contribution is 2.62. The van der Waals surface area contributed by atoms with Crippen LogP contribution in [0.2, 0.25) is 0 Å². The van der Waals surface area contributed by atoms with Crippen molar-refractivity contribution in [2.24, 2.45) is 29.4 Å². The van der Waals surface area contributed by atoms with Crippen LogP contribution in [-0.4, -0.2) is 6.54 Å². The Morgan fingerprint density at radius 1 is 1.00 bits per heavy atom. The van der Waals surface area contributed by atoms with E-state index in [1.807, 2.05) is 0 Å². The standard InChI is InChI=1S/C17H23N/c18-11-16-13-6-12-7-14(16)10-17(8-12,9-13)15-4-2-1-3-5-15/h1-5,12-14,16H,6-11,18H2. The van der Waals surface area contributed by atoms with E-state index in [9.17, 15) is 0 Å². The maximum absolute atomic E-state index is 6.04. The van der Waals surface area contributed by atoms with Crippen LogP contribution in [0.4, 0.5) is 0 Å². The molecule has 0 spiro atoms. The summed E-state index contributed by atoms with van der Waals surface area (Å²) in [6, 6.07) is 11.3. The molecular formula is C17H23N. The van der Waals surface area contributed by atoms with E-state index in [-0.39, 0.29) is 0 Å². The van der Waals surface area contributed by atoms with Crippen molar-refractivity contribution in [1.82, 2.24) is 0 Å². The summed E-state index contributed by atoms with van der Waals surface area (Å²) in [5.74, 6) is 3.66. The van der Waals surface area contributed by atoms with Crippen LogP contribution in [0.5, 0.6) is 0 Å². The Morgan fingerprint density at radius 3 is 2.28 bits per heavy atom. The van der Waals surface area contributed by atoms with E-state index in [1.165, 1.54) is 32.1 Å². The Hall–Kier alpha value is -0.820. The lowest BCUT2D eigenvalue weighted by atomic mass is 9.45. The van der Waals surface area contributed by atoms with Crippen LogP contribution in [0.1, 0.15) is 37.7 Å². The molecule has 18 heavy (non-hydrogen) atoms. The van der Waals surface area contributed by atoms with Crippen LogP contribution < -0.4 is 5.73 Å². The molecular weight excluding hydrogens is 218 g/mol. The van der Waals surface area contributed by atoms with Gasteiger partial charge >= 0.3 is 0 Å². The summed E-state index contributed by atoms with van der Waals surface area (Å²) in [7, 11) is 0. The molecule has 0 amide bonds. The molecule has 0 radical (unpaired) electrons. The SMILES string of the molecule is NCC1C2CC3CC1CC(c1ccccc1)(C3)C2. The van der Waals surface area contributed by atoms with Gasteiger partial charge in [0.05, 0.1) is 0 Å². The second kappa shape index (κ2) is 3.84. The average molecular weight is 241 g/mol. The van der Waals surface area contributed by atoms with Gasteiger partial charge in [-0.15, -0.1) is 0 Å². The lowest BCUT2D eigenvalue weighted by Gasteiger charge is -2.60. The Bertz CT molecular complexity index is 422. The van der Waals surface area contributed by atoms with Crippen molar-refractivity contribution < 1.29 is 0 Å². The molecule has 1 aromatic rings. The fourth-order valence-corrected chi connectivity index (χ4v) is 5.66. The molecule has 2 atom stereocenters. The fraction of sp³-hybridized carbons (Fsp3) is 0.647. The third-order valence-electron chi connectivity index (χ3n) is 6.13. The predicted octanol–water partition coefficient (Wildman–Crippen LogP) is 3.34. The lowest BCUT2D eigenvalue weighted by Crippen LogP contribution is -2.54. The molecule has 0 heterocycles. The average Bonchev–Trinajstić information content (AvgIpc) is 2.39. The van der Waals surface area contributed by atoms with Crippen LogP contribution in [0, 0.1) is 23.7 Å². The molecule has 0 saturated heterocycles. The van der Waals surface area contributed by atoms with Gasteiger partial charge in [-0.3, -0.25) is 0 Å². The number of nitrogens with two attached hydrogens (primary N) is 1. The molecule has 4 aliphatic carbocycles. The molecule has 4 fully saturated rings. The predicted molar refractivity (Wildman–Crippen MR) is 74.2 cm³/mol. The fourth-order valence-electron chi connectivity index (χ4n) is 5.66. The smallest absolute Gasteiger partial charge is 0.00388 e. The molecule has 4 aliphatic rings. The van der Waals surface area contributed by atoms with E-state index >= 15 is 0 Å². The molecule has 1 heteroatoms. The molecule has 0 aromatic heterocycles. The van der Waals surface area contributed by atoms with Gasteiger partial charge in [-0.25, -0.2) is 0 Å². The summed E-state index contributed by atoms with van der Waals surface area (Å²) in [5.41, 5.74) is 8.16. The van der Waals surface area contributed by atoms with Crippen LogP contribution >= 0.6 is 0 Å². The van der Waals surface area contributed by atoms with Crippen LogP contribution in [0.3, 0.4) is 0 Å². The number of rotatable bonds is 2. The van der Waals surface area contributed by atoms with Crippen molar-refractivity contribution >= 4 is 0 Å². The van der Waals surface area contributed by atoms with Crippen molar-refractivity contribution in [3.8, 4) is 0 Å². The van der Waals surface area contributed by atoms with Crippen molar-refractivity contribution in [2.45, 2.75) is 37.5 Å². The molecule has 96 valence electrons. The van der Waals surface area contributed by atoms with Crippen molar-refractivity contribution in [3.63, 3.8) is 0 Å². The van der Waals surface area contributed by atoms with Crippen LogP contribution in [-0.2, 0) is 5.41 Å². The maximum atomic E-state index is 6.04. The maximum Gasteiger partial charge on any atom is -0.00388 e. The summed E-state index contributed by atoms with van der Waals surface area (Å²) in [6.07, 6.45) is 7.19. The Morgan fingerprint density at radius 2 is 1.67 bits per heavy atom. The second-order valence-corrected chi connectivity index (χ2v) is 7.02. The van der Waals surface area contributed by atoms with Gasteiger partial charge in [0, 0.05) is 0 Å². The minimum absolute atomic E-state index is 0.517. The summed E-state index contributed by atoms with van der Waals surface area (Å²) < 4.78 is 0. The first-order chi connectivity index (χ1) is 8.81. The summed E-state index contributed by atoms with van der Waals surface area (Å²) in [6.45, 7) is 0.924. The van der Waals surface area contributed by atoms with Gasteiger partial charge in [0.1, 0.15) is 0 Å². The van der Waals surface area contributed by atoms with Crippen molar-refractivity contribution in [2.75, 3.05) is 6.54 Å². The van der Waals surface area contributed by atoms with Crippen molar-refractivity contribution in [1.29, 1.82) is 0 Å². The molecule has 4 bridgehead atoms. The zero-order chi connectivity index (χ0) is 12.2. The topological polar surface area (TPSA) is 26.0 Å². The van der Waals surface area contributed by atoms with E-state index < -0.39 is 0 Å². The summed E-state index contributed by atoms with van der Waals surface area (Å²) in [4.78, 5) is 0. The van der Waals surface area contributed by atoms with Gasteiger partial charge in [0.25, 0.3) is 0 Å². The van der Waals surface area contributed by atoms with Gasteiger partial charge in [-0.2, -0.15) is 0 Å². The van der Waals surface area contributed by atoms with Gasteiger partial charge in [0.15, 0.2) is 0 Å². The first kappa shape index (κ1) is 11.0. The second-order valence-electron chi connectivity index (χ2n) is 7.02. The van der Waals surface area contributed by atoms with E-state index in [1.54, 1.807) is 5.56 Å². The summed E-state index contributed by atoms with van der Waals surface area (Å²) >= 11 is 0. The highest BCUT2D eigenvalue weighted by molar-refractivity contribution is 5.29. The Labute approximate surface area is 110 Å². The first-order valence-electron chi connectivity index (χ1n) is 7.56. The van der Waals surface area contributed by atoms with Gasteiger partial charge < -0.3 is 5.73 Å². The van der Waals surface area contributed by atoms with Crippen LogP contribution in [0.15, 0.2) is 30.3 Å². The van der Waals surface area contributed by atoms with Crippen LogP contribution in [0.25, 0.3) is 0 Å². The zero-order valence-corrected chi connectivity index (χ0v) is 11.0. The third-order valence-corrected chi connectivity index (χ3v) is 6.13. The number of benzene rings is 1. The molecule has 0 aliphatic heterocycles. The quantitative estimate of drug-likeness (QED) is 0.844. The zero-order valence-electron chi connectivity index (χ0n) is 11.0. The molecule has 4 saturated carbocycles. The van der Waals surface area contributed by atoms with Crippen molar-refractivity contribution in [3.05, 3.63) is 35.9 Å². The minimum atomic E-state index is 0.517. The number of hydrogen-bond donors (Lipinski definition) is 1. The minimum Gasteiger partial charge on any atom is -0.330 e. The number of hydrogen-bond acceptors (Lipinski definition) is 1. The highest BCUT2D eigenvalue weighted by Gasteiger charge is 2.55. The largest absolute Gasteiger partial charge is 0.330 e. The molecule has 1 nitrogen and oxygen atoms in total. The third kappa shape index (κ3) is 1.43. The molecule has 1 aromatic carbocycles. The van der Waals surface area contributed by atoms with E-state index in [0.29, 0.717) is 5.41 Å². The lowest BCUT2D eigenvalue weighted by molar-refractivity contribution is -0.0524. The normalized spacial score (nSPS) is 45.4. The van der Waals surface area contributed by atoms with E-state index in [2.05, 4.69) is 30.3 Å². The summed E-state index contributed by atoms with van der Waals surface area (Å²) in [5, 5.41) is 0. The first-order valence-corrected chi connectivity index (χ1v) is 7.56. The monoisotopic (exact) mass is 241 g/mol. The Balaban J connectivity index is 1.73. The van der Waals surface area contributed by atoms with Gasteiger partial charge in [-0.05, 0) is 73.3 Å². The molecule has 2 unspecified atom stereocenters. The molecule has 2 N–H and O–H groups in total. The van der Waals surface area contributed by atoms with Gasteiger partial charge in [0.2, 0.25) is 0 Å². The van der Waals surface area contributed by atoms with Gasteiger partial charge in [-0.1, -0.05) is 30.3 Å². The Kier molecular flexibility index (Phi) is 2.35. The molecule has 5 rings (SSSR count). The van der Waals surface area contributed by atoms with E-state index in [4.69, 9.17) is 5.73 Å². The highest BCUT2D eigenvalue weighted by atomic mass is 14.7.